The van der Waals surface area contributed by atoms with E-state index in [2.05, 4.69) is 10.5 Å². The maximum atomic E-state index is 12.2. The number of carbonyl (C=O) groups is 1. The molecule has 1 N–H and O–H groups in total. The summed E-state index contributed by atoms with van der Waals surface area (Å²) in [5.41, 5.74) is 0.810. The molecule has 6 heteroatoms. The quantitative estimate of drug-likeness (QED) is 0.794. The molecule has 1 aromatic carbocycles. The van der Waals surface area contributed by atoms with Gasteiger partial charge in [-0.1, -0.05) is 23.4 Å². The van der Waals surface area contributed by atoms with Crippen LogP contribution < -0.4 is 5.32 Å². The van der Waals surface area contributed by atoms with Crippen molar-refractivity contribution in [2.75, 3.05) is 12.4 Å². The molecule has 2 aromatic heterocycles. The van der Waals surface area contributed by atoms with Crippen molar-refractivity contribution in [2.24, 2.45) is 0 Å². The molecule has 6 nitrogen and oxygen atoms in total. The van der Waals surface area contributed by atoms with Crippen molar-refractivity contribution in [3.05, 3.63) is 47.9 Å². The first kappa shape index (κ1) is 14.2. The maximum absolute atomic E-state index is 12.2. The summed E-state index contributed by atoms with van der Waals surface area (Å²) in [6.07, 6.45) is 0. The highest BCUT2D eigenvalue weighted by atomic mass is 16.5. The SMILES string of the molecule is Cc1cc(NC(=O)N(C)C(C)c2cc3ccccc3o2)no1. The number of hydrogen-bond donors (Lipinski definition) is 1. The minimum atomic E-state index is -0.277. The lowest BCUT2D eigenvalue weighted by Gasteiger charge is -2.22. The molecule has 114 valence electrons. The topological polar surface area (TPSA) is 71.5 Å². The lowest BCUT2D eigenvalue weighted by Crippen LogP contribution is -2.33. The summed E-state index contributed by atoms with van der Waals surface area (Å²) in [6, 6.07) is 10.9. The number of benzene rings is 1. The number of urea groups is 1. The second kappa shape index (κ2) is 5.55. The van der Waals surface area contributed by atoms with Crippen LogP contribution in [0.4, 0.5) is 10.6 Å². The monoisotopic (exact) mass is 299 g/mol. The summed E-state index contributed by atoms with van der Waals surface area (Å²) in [6.45, 7) is 3.68. The first-order chi connectivity index (χ1) is 10.5. The highest BCUT2D eigenvalue weighted by Crippen LogP contribution is 2.27. The minimum absolute atomic E-state index is 0.208. The van der Waals surface area contributed by atoms with E-state index in [4.69, 9.17) is 8.94 Å². The van der Waals surface area contributed by atoms with Crippen LogP contribution in [-0.2, 0) is 0 Å². The van der Waals surface area contributed by atoms with E-state index < -0.39 is 0 Å². The van der Waals surface area contributed by atoms with Gasteiger partial charge in [0.05, 0.1) is 6.04 Å². The van der Waals surface area contributed by atoms with Crippen LogP contribution in [0.25, 0.3) is 11.0 Å². The molecule has 0 saturated carbocycles. The molecule has 3 rings (SSSR count). The van der Waals surface area contributed by atoms with Crippen LogP contribution in [0.15, 0.2) is 45.3 Å². The smallest absolute Gasteiger partial charge is 0.323 e. The number of aromatic nitrogens is 1. The molecule has 2 amide bonds. The molecule has 1 unspecified atom stereocenters. The lowest BCUT2D eigenvalue weighted by atomic mass is 10.2. The number of carbonyl (C=O) groups excluding carboxylic acids is 1. The molecule has 3 aromatic rings. The molecule has 0 aliphatic heterocycles. The zero-order valence-electron chi connectivity index (χ0n) is 12.7. The van der Waals surface area contributed by atoms with Crippen molar-refractivity contribution >= 4 is 22.8 Å². The summed E-state index contributed by atoms with van der Waals surface area (Å²) >= 11 is 0. The van der Waals surface area contributed by atoms with E-state index in [0.29, 0.717) is 11.6 Å². The summed E-state index contributed by atoms with van der Waals surface area (Å²) < 4.78 is 10.7. The van der Waals surface area contributed by atoms with Gasteiger partial charge in [0.15, 0.2) is 5.82 Å². The Kier molecular flexibility index (Phi) is 3.58. The van der Waals surface area contributed by atoms with Gasteiger partial charge in [0.2, 0.25) is 0 Å². The van der Waals surface area contributed by atoms with Gasteiger partial charge in [-0.25, -0.2) is 4.79 Å². The van der Waals surface area contributed by atoms with E-state index in [0.717, 1.165) is 16.7 Å². The Labute approximate surface area is 127 Å². The molecule has 0 radical (unpaired) electrons. The summed E-state index contributed by atoms with van der Waals surface area (Å²) in [5, 5.41) is 7.45. The molecule has 22 heavy (non-hydrogen) atoms. The van der Waals surface area contributed by atoms with Gasteiger partial charge in [-0.3, -0.25) is 5.32 Å². The molecule has 0 fully saturated rings. The van der Waals surface area contributed by atoms with Gasteiger partial charge in [-0.15, -0.1) is 0 Å². The number of aryl methyl sites for hydroxylation is 1. The Morgan fingerprint density at radius 2 is 2.09 bits per heavy atom. The van der Waals surface area contributed by atoms with Crippen LogP contribution >= 0.6 is 0 Å². The predicted molar refractivity (Wildman–Crippen MR) is 82.7 cm³/mol. The van der Waals surface area contributed by atoms with E-state index in [1.54, 1.807) is 24.9 Å². The number of amides is 2. The number of rotatable bonds is 3. The average Bonchev–Trinajstić information content (AvgIpc) is 3.11. The molecule has 0 aliphatic rings. The minimum Gasteiger partial charge on any atom is -0.459 e. The van der Waals surface area contributed by atoms with E-state index >= 15 is 0 Å². The van der Waals surface area contributed by atoms with Crippen LogP contribution in [0.5, 0.6) is 0 Å². The zero-order valence-corrected chi connectivity index (χ0v) is 12.7. The maximum Gasteiger partial charge on any atom is 0.323 e. The number of anilines is 1. The van der Waals surface area contributed by atoms with Crippen LogP contribution in [0, 0.1) is 6.92 Å². The van der Waals surface area contributed by atoms with Crippen LogP contribution in [0.2, 0.25) is 0 Å². The third-order valence-corrected chi connectivity index (χ3v) is 3.62. The standard InChI is InChI=1S/C16H17N3O3/c1-10-8-15(18-22-10)17-16(20)19(3)11(2)14-9-12-6-4-5-7-13(12)21-14/h4-9,11H,1-3H3,(H,17,18,20). The Morgan fingerprint density at radius 1 is 1.32 bits per heavy atom. The Morgan fingerprint density at radius 3 is 2.77 bits per heavy atom. The van der Waals surface area contributed by atoms with E-state index in [1.165, 1.54) is 0 Å². The van der Waals surface area contributed by atoms with Gasteiger partial charge in [-0.2, -0.15) is 0 Å². The van der Waals surface area contributed by atoms with E-state index in [1.807, 2.05) is 37.3 Å². The van der Waals surface area contributed by atoms with Crippen molar-refractivity contribution in [3.8, 4) is 0 Å². The number of furan rings is 1. The molecule has 0 saturated heterocycles. The molecule has 0 bridgehead atoms. The van der Waals surface area contributed by atoms with Crippen molar-refractivity contribution in [1.82, 2.24) is 10.1 Å². The van der Waals surface area contributed by atoms with Crippen molar-refractivity contribution < 1.29 is 13.7 Å². The fourth-order valence-electron chi connectivity index (χ4n) is 2.20. The second-order valence-electron chi connectivity index (χ2n) is 5.23. The zero-order chi connectivity index (χ0) is 15.7. The lowest BCUT2D eigenvalue weighted by molar-refractivity contribution is 0.201. The van der Waals surface area contributed by atoms with Crippen LogP contribution in [0.1, 0.15) is 24.5 Å². The van der Waals surface area contributed by atoms with Gasteiger partial charge in [-0.05, 0) is 26.0 Å². The average molecular weight is 299 g/mol. The van der Waals surface area contributed by atoms with Gasteiger partial charge in [0, 0.05) is 18.5 Å². The van der Waals surface area contributed by atoms with Crippen molar-refractivity contribution in [3.63, 3.8) is 0 Å². The van der Waals surface area contributed by atoms with E-state index in [-0.39, 0.29) is 12.1 Å². The Hall–Kier alpha value is -2.76. The summed E-state index contributed by atoms with van der Waals surface area (Å²) in [7, 11) is 1.71. The Balaban J connectivity index is 1.75. The van der Waals surface area contributed by atoms with Crippen LogP contribution in [0.3, 0.4) is 0 Å². The van der Waals surface area contributed by atoms with Gasteiger partial charge in [0.25, 0.3) is 0 Å². The number of nitrogens with zero attached hydrogens (tertiary/aromatic N) is 2. The third-order valence-electron chi connectivity index (χ3n) is 3.62. The fraction of sp³-hybridized carbons (Fsp3) is 0.250. The van der Waals surface area contributed by atoms with Gasteiger partial charge < -0.3 is 13.8 Å². The summed E-state index contributed by atoms with van der Waals surface area (Å²) in [4.78, 5) is 13.8. The normalized spacial score (nSPS) is 12.3. The fourth-order valence-corrected chi connectivity index (χ4v) is 2.20. The highest BCUT2D eigenvalue weighted by Gasteiger charge is 2.21. The van der Waals surface area contributed by atoms with Gasteiger partial charge in [0.1, 0.15) is 17.1 Å². The van der Waals surface area contributed by atoms with Crippen molar-refractivity contribution in [1.29, 1.82) is 0 Å². The second-order valence-corrected chi connectivity index (χ2v) is 5.23. The first-order valence-corrected chi connectivity index (χ1v) is 7.00. The molecule has 0 spiro atoms. The molecule has 0 aliphatic carbocycles. The van der Waals surface area contributed by atoms with E-state index in [9.17, 15) is 4.79 Å². The molecular formula is C16H17N3O3. The number of nitrogens with one attached hydrogen (secondary N) is 1. The summed E-state index contributed by atoms with van der Waals surface area (Å²) in [5.74, 6) is 1.77. The predicted octanol–water partition coefficient (Wildman–Crippen LogP) is 3.95. The molecular weight excluding hydrogens is 282 g/mol. The van der Waals surface area contributed by atoms with Gasteiger partial charge >= 0.3 is 6.03 Å². The first-order valence-electron chi connectivity index (χ1n) is 7.00. The number of fused-ring (bicyclic) bond motifs is 1. The highest BCUT2D eigenvalue weighted by molar-refractivity contribution is 5.88. The largest absolute Gasteiger partial charge is 0.459 e. The Bertz CT molecular complexity index is 773. The number of para-hydroxylation sites is 1. The van der Waals surface area contributed by atoms with Crippen LogP contribution in [-0.4, -0.2) is 23.1 Å². The third kappa shape index (κ3) is 2.67. The van der Waals surface area contributed by atoms with Crippen molar-refractivity contribution in [2.45, 2.75) is 19.9 Å². The molecule has 1 atom stereocenters. The molecule has 2 heterocycles. The number of hydrogen-bond acceptors (Lipinski definition) is 4.